The summed E-state index contributed by atoms with van der Waals surface area (Å²) in [5, 5.41) is 2.80. The van der Waals surface area contributed by atoms with Gasteiger partial charge in [-0.15, -0.1) is 11.3 Å². The molecule has 5 nitrogen and oxygen atoms in total. The van der Waals surface area contributed by atoms with Crippen LogP contribution in [-0.4, -0.2) is 33.0 Å². The third-order valence-corrected chi connectivity index (χ3v) is 6.26. The summed E-state index contributed by atoms with van der Waals surface area (Å²) in [5.74, 6) is -2.11. The van der Waals surface area contributed by atoms with Crippen molar-refractivity contribution in [2.75, 3.05) is 24.5 Å². The quantitative estimate of drug-likeness (QED) is 0.875. The summed E-state index contributed by atoms with van der Waals surface area (Å²) in [6.45, 7) is 1.67. The molecule has 130 valence electrons. The number of rotatable bonds is 5. The van der Waals surface area contributed by atoms with E-state index in [-0.39, 0.29) is 12.5 Å². The largest absolute Gasteiger partial charge is 0.348 e. The number of benzene rings is 1. The summed E-state index contributed by atoms with van der Waals surface area (Å²) in [6.07, 6.45) is 3.50. The molecule has 0 amide bonds. The number of piperidine rings is 1. The van der Waals surface area contributed by atoms with Gasteiger partial charge in [0.15, 0.2) is 10.0 Å². The van der Waals surface area contributed by atoms with Crippen molar-refractivity contribution < 1.29 is 17.2 Å². The van der Waals surface area contributed by atoms with Gasteiger partial charge in [-0.2, -0.15) is 0 Å². The Morgan fingerprint density at radius 3 is 2.75 bits per heavy atom. The van der Waals surface area contributed by atoms with Crippen LogP contribution in [0.15, 0.2) is 34.7 Å². The van der Waals surface area contributed by atoms with E-state index >= 15 is 0 Å². The Balaban J connectivity index is 1.66. The standard InChI is InChI=1S/C15H17F2N3O2S2/c16-12-4-1-5-13(17)14(12)24(21,22)19-9-11-3-2-7-20(10-11)15-18-6-8-23-15/h1,4-6,8,11,19H,2-3,7,9-10H2. The van der Waals surface area contributed by atoms with Crippen LogP contribution in [0.3, 0.4) is 0 Å². The zero-order valence-electron chi connectivity index (χ0n) is 12.8. The third-order valence-electron chi connectivity index (χ3n) is 3.96. The van der Waals surface area contributed by atoms with E-state index in [4.69, 9.17) is 0 Å². The van der Waals surface area contributed by atoms with E-state index in [1.54, 1.807) is 6.20 Å². The number of nitrogens with one attached hydrogen (secondary N) is 1. The van der Waals surface area contributed by atoms with Crippen molar-refractivity contribution in [3.05, 3.63) is 41.4 Å². The summed E-state index contributed by atoms with van der Waals surface area (Å²) < 4.78 is 54.1. The number of thiazole rings is 1. The van der Waals surface area contributed by atoms with Crippen LogP contribution in [0.1, 0.15) is 12.8 Å². The molecule has 1 unspecified atom stereocenters. The van der Waals surface area contributed by atoms with Gasteiger partial charge in [-0.3, -0.25) is 0 Å². The molecule has 2 aromatic rings. The van der Waals surface area contributed by atoms with E-state index in [1.165, 1.54) is 11.3 Å². The first-order valence-corrected chi connectivity index (χ1v) is 9.92. The van der Waals surface area contributed by atoms with E-state index in [9.17, 15) is 17.2 Å². The van der Waals surface area contributed by atoms with Gasteiger partial charge in [0, 0.05) is 31.2 Å². The van der Waals surface area contributed by atoms with Crippen LogP contribution in [0.25, 0.3) is 0 Å². The van der Waals surface area contributed by atoms with Gasteiger partial charge in [0.2, 0.25) is 10.0 Å². The second kappa shape index (κ2) is 7.12. The maximum Gasteiger partial charge on any atom is 0.246 e. The Bertz CT molecular complexity index is 777. The van der Waals surface area contributed by atoms with Crippen molar-refractivity contribution in [3.8, 4) is 0 Å². The van der Waals surface area contributed by atoms with Crippen molar-refractivity contribution in [1.29, 1.82) is 0 Å². The highest BCUT2D eigenvalue weighted by atomic mass is 32.2. The summed E-state index contributed by atoms with van der Waals surface area (Å²) in [4.78, 5) is 5.45. The van der Waals surface area contributed by atoms with Gasteiger partial charge >= 0.3 is 0 Å². The van der Waals surface area contributed by atoms with Gasteiger partial charge in [0.05, 0.1) is 0 Å². The first kappa shape index (κ1) is 17.2. The fourth-order valence-corrected chi connectivity index (χ4v) is 4.75. The Morgan fingerprint density at radius 2 is 2.08 bits per heavy atom. The highest BCUT2D eigenvalue weighted by Crippen LogP contribution is 2.25. The number of hydrogen-bond donors (Lipinski definition) is 1. The Morgan fingerprint density at radius 1 is 1.33 bits per heavy atom. The first-order valence-electron chi connectivity index (χ1n) is 7.55. The smallest absolute Gasteiger partial charge is 0.246 e. The SMILES string of the molecule is O=S(=O)(NCC1CCCN(c2nccs2)C1)c1c(F)cccc1F. The van der Waals surface area contributed by atoms with Crippen LogP contribution < -0.4 is 9.62 Å². The van der Waals surface area contributed by atoms with Crippen molar-refractivity contribution >= 4 is 26.5 Å². The van der Waals surface area contributed by atoms with Gasteiger partial charge < -0.3 is 4.90 Å². The molecule has 1 aromatic carbocycles. The van der Waals surface area contributed by atoms with Crippen LogP contribution in [-0.2, 0) is 10.0 Å². The number of nitrogens with zero attached hydrogens (tertiary/aromatic N) is 2. The minimum atomic E-state index is -4.22. The normalized spacial score (nSPS) is 18.8. The van der Waals surface area contributed by atoms with Crippen LogP contribution in [0.5, 0.6) is 0 Å². The molecule has 1 saturated heterocycles. The maximum atomic E-state index is 13.7. The van der Waals surface area contributed by atoms with Gasteiger partial charge in [-0.05, 0) is 30.9 Å². The Labute approximate surface area is 143 Å². The van der Waals surface area contributed by atoms with Crippen LogP contribution >= 0.6 is 11.3 Å². The molecule has 3 rings (SSSR count). The third kappa shape index (κ3) is 3.73. The highest BCUT2D eigenvalue weighted by molar-refractivity contribution is 7.89. The van der Waals surface area contributed by atoms with Gasteiger partial charge in [0.1, 0.15) is 11.6 Å². The van der Waals surface area contributed by atoms with Crippen molar-refractivity contribution in [3.63, 3.8) is 0 Å². The molecule has 1 aliphatic heterocycles. The highest BCUT2D eigenvalue weighted by Gasteiger charge is 2.27. The lowest BCUT2D eigenvalue weighted by molar-refractivity contribution is 0.409. The molecule has 2 heterocycles. The van der Waals surface area contributed by atoms with Crippen LogP contribution in [0.4, 0.5) is 13.9 Å². The fourth-order valence-electron chi connectivity index (χ4n) is 2.82. The summed E-state index contributed by atoms with van der Waals surface area (Å²) in [7, 11) is -4.22. The second-order valence-corrected chi connectivity index (χ2v) is 8.25. The monoisotopic (exact) mass is 373 g/mol. The minimum absolute atomic E-state index is 0.0623. The summed E-state index contributed by atoms with van der Waals surface area (Å²) in [5.41, 5.74) is 0. The van der Waals surface area contributed by atoms with Crippen molar-refractivity contribution in [1.82, 2.24) is 9.71 Å². The lowest BCUT2D eigenvalue weighted by Gasteiger charge is -2.32. The molecule has 1 N–H and O–H groups in total. The molecule has 0 radical (unpaired) electrons. The summed E-state index contributed by atoms with van der Waals surface area (Å²) in [6, 6.07) is 3.00. The van der Waals surface area contributed by atoms with Crippen LogP contribution in [0.2, 0.25) is 0 Å². The number of anilines is 1. The lowest BCUT2D eigenvalue weighted by atomic mass is 9.99. The average molecular weight is 373 g/mol. The molecule has 1 atom stereocenters. The zero-order chi connectivity index (χ0) is 17.2. The van der Waals surface area contributed by atoms with E-state index < -0.39 is 26.6 Å². The van der Waals surface area contributed by atoms with Crippen LogP contribution in [0, 0.1) is 17.6 Å². The van der Waals surface area contributed by atoms with Gasteiger partial charge in [-0.1, -0.05) is 6.07 Å². The number of aromatic nitrogens is 1. The lowest BCUT2D eigenvalue weighted by Crippen LogP contribution is -2.41. The number of hydrogen-bond acceptors (Lipinski definition) is 5. The Hall–Kier alpha value is -1.58. The fraction of sp³-hybridized carbons (Fsp3) is 0.400. The van der Waals surface area contributed by atoms with E-state index in [0.717, 1.165) is 42.7 Å². The first-order chi connectivity index (χ1) is 11.5. The molecule has 0 saturated carbocycles. The molecule has 1 aliphatic rings. The molecule has 0 spiro atoms. The van der Waals surface area contributed by atoms with Crippen molar-refractivity contribution in [2.45, 2.75) is 17.7 Å². The molecule has 24 heavy (non-hydrogen) atoms. The molecular formula is C15H17F2N3O2S2. The molecule has 0 bridgehead atoms. The average Bonchev–Trinajstić information content (AvgIpc) is 3.07. The van der Waals surface area contributed by atoms with Crippen molar-refractivity contribution in [2.24, 2.45) is 5.92 Å². The van der Waals surface area contributed by atoms with Gasteiger partial charge in [0.25, 0.3) is 0 Å². The van der Waals surface area contributed by atoms with E-state index in [0.29, 0.717) is 6.54 Å². The molecule has 1 fully saturated rings. The summed E-state index contributed by atoms with van der Waals surface area (Å²) >= 11 is 1.53. The second-order valence-electron chi connectivity index (χ2n) is 5.67. The topological polar surface area (TPSA) is 62.3 Å². The molecule has 0 aliphatic carbocycles. The van der Waals surface area contributed by atoms with E-state index in [1.807, 2.05) is 5.38 Å². The minimum Gasteiger partial charge on any atom is -0.348 e. The Kier molecular flexibility index (Phi) is 5.12. The van der Waals surface area contributed by atoms with E-state index in [2.05, 4.69) is 14.6 Å². The number of halogens is 2. The maximum absolute atomic E-state index is 13.7. The molecule has 1 aromatic heterocycles. The zero-order valence-corrected chi connectivity index (χ0v) is 14.4. The number of sulfonamides is 1. The molecule has 9 heteroatoms. The predicted octanol–water partition coefficient (Wildman–Crippen LogP) is 2.62. The molecular weight excluding hydrogens is 356 g/mol. The predicted molar refractivity (Wildman–Crippen MR) is 88.6 cm³/mol. The van der Waals surface area contributed by atoms with Gasteiger partial charge in [-0.25, -0.2) is 26.9 Å².